The van der Waals surface area contributed by atoms with Gasteiger partial charge >= 0.3 is 0 Å². The third-order valence-electron chi connectivity index (χ3n) is 4.57. The summed E-state index contributed by atoms with van der Waals surface area (Å²) in [5, 5.41) is 10.7. The van der Waals surface area contributed by atoms with Gasteiger partial charge in [0.2, 0.25) is 0 Å². The number of aryl methyl sites for hydroxylation is 1. The SMILES string of the molecule is CCNC(=NCc1ccc(C)cc1OCCOC)NCc1cc(-c2ccccc2)on1. The highest BCUT2D eigenvalue weighted by Crippen LogP contribution is 2.22. The Hall–Kier alpha value is -3.32. The molecule has 1 heterocycles. The van der Waals surface area contributed by atoms with Gasteiger partial charge in [0, 0.05) is 30.8 Å². The minimum Gasteiger partial charge on any atom is -0.491 e. The van der Waals surface area contributed by atoms with Crippen LogP contribution in [0.1, 0.15) is 23.7 Å². The molecule has 0 bridgehead atoms. The Morgan fingerprint density at radius 2 is 1.90 bits per heavy atom. The molecular formula is C24H30N4O3. The van der Waals surface area contributed by atoms with E-state index in [-0.39, 0.29) is 0 Å². The van der Waals surface area contributed by atoms with Crippen LogP contribution in [0.4, 0.5) is 0 Å². The average molecular weight is 423 g/mol. The predicted octanol–water partition coefficient (Wildman–Crippen LogP) is 3.93. The molecule has 0 unspecified atom stereocenters. The highest BCUT2D eigenvalue weighted by Gasteiger charge is 2.08. The van der Waals surface area contributed by atoms with Crippen LogP contribution < -0.4 is 15.4 Å². The number of aliphatic imine (C=N–C) groups is 1. The zero-order valence-corrected chi connectivity index (χ0v) is 18.4. The van der Waals surface area contributed by atoms with Gasteiger partial charge in [-0.2, -0.15) is 0 Å². The van der Waals surface area contributed by atoms with Crippen LogP contribution in [0, 0.1) is 6.92 Å². The highest BCUT2D eigenvalue weighted by atomic mass is 16.5. The number of nitrogens with one attached hydrogen (secondary N) is 2. The van der Waals surface area contributed by atoms with Gasteiger partial charge in [-0.3, -0.25) is 0 Å². The molecule has 0 saturated carbocycles. The molecule has 164 valence electrons. The zero-order valence-electron chi connectivity index (χ0n) is 18.4. The lowest BCUT2D eigenvalue weighted by atomic mass is 10.1. The summed E-state index contributed by atoms with van der Waals surface area (Å²) >= 11 is 0. The maximum absolute atomic E-state index is 5.87. The molecule has 3 rings (SSSR count). The lowest BCUT2D eigenvalue weighted by Gasteiger charge is -2.13. The summed E-state index contributed by atoms with van der Waals surface area (Å²) in [6, 6.07) is 18.0. The minimum absolute atomic E-state index is 0.492. The first-order valence-corrected chi connectivity index (χ1v) is 10.4. The van der Waals surface area contributed by atoms with Gasteiger partial charge in [-0.25, -0.2) is 4.99 Å². The van der Waals surface area contributed by atoms with E-state index in [1.54, 1.807) is 7.11 Å². The van der Waals surface area contributed by atoms with E-state index in [0.717, 1.165) is 40.4 Å². The fourth-order valence-electron chi connectivity index (χ4n) is 2.98. The minimum atomic E-state index is 0.492. The van der Waals surface area contributed by atoms with E-state index in [1.807, 2.05) is 62.4 Å². The van der Waals surface area contributed by atoms with Gasteiger partial charge in [-0.1, -0.05) is 47.6 Å². The van der Waals surface area contributed by atoms with Crippen molar-refractivity contribution in [1.82, 2.24) is 15.8 Å². The van der Waals surface area contributed by atoms with E-state index in [1.165, 1.54) is 0 Å². The van der Waals surface area contributed by atoms with Crippen LogP contribution in [0.3, 0.4) is 0 Å². The van der Waals surface area contributed by atoms with E-state index in [2.05, 4.69) is 21.9 Å². The van der Waals surface area contributed by atoms with Gasteiger partial charge in [-0.15, -0.1) is 0 Å². The van der Waals surface area contributed by atoms with E-state index in [9.17, 15) is 0 Å². The van der Waals surface area contributed by atoms with E-state index < -0.39 is 0 Å². The molecule has 0 fully saturated rings. The molecule has 2 N–H and O–H groups in total. The van der Waals surface area contributed by atoms with Crippen molar-refractivity contribution >= 4 is 5.96 Å². The number of benzene rings is 2. The van der Waals surface area contributed by atoms with Crippen LogP contribution in [-0.4, -0.2) is 38.0 Å². The van der Waals surface area contributed by atoms with Crippen molar-refractivity contribution in [3.05, 3.63) is 71.4 Å². The Morgan fingerprint density at radius 1 is 1.06 bits per heavy atom. The summed E-state index contributed by atoms with van der Waals surface area (Å²) in [5.74, 6) is 2.28. The van der Waals surface area contributed by atoms with Gasteiger partial charge in [0.1, 0.15) is 18.1 Å². The summed E-state index contributed by atoms with van der Waals surface area (Å²) in [4.78, 5) is 4.71. The van der Waals surface area contributed by atoms with Gasteiger partial charge in [0.05, 0.1) is 19.7 Å². The molecule has 7 heteroatoms. The maximum atomic E-state index is 5.87. The van der Waals surface area contributed by atoms with Crippen molar-refractivity contribution in [3.63, 3.8) is 0 Å². The van der Waals surface area contributed by atoms with Crippen molar-refractivity contribution in [2.75, 3.05) is 26.9 Å². The van der Waals surface area contributed by atoms with Crippen LogP contribution in [0.2, 0.25) is 0 Å². The average Bonchev–Trinajstić information content (AvgIpc) is 3.26. The summed E-state index contributed by atoms with van der Waals surface area (Å²) < 4.78 is 16.4. The summed E-state index contributed by atoms with van der Waals surface area (Å²) in [7, 11) is 1.66. The molecule has 1 aromatic heterocycles. The first-order valence-electron chi connectivity index (χ1n) is 10.4. The Morgan fingerprint density at radius 3 is 2.68 bits per heavy atom. The molecule has 0 aliphatic heterocycles. The van der Waals surface area contributed by atoms with Gasteiger partial charge in [0.25, 0.3) is 0 Å². The Kier molecular flexibility index (Phi) is 8.48. The lowest BCUT2D eigenvalue weighted by Crippen LogP contribution is -2.36. The number of rotatable bonds is 10. The molecule has 31 heavy (non-hydrogen) atoms. The van der Waals surface area contributed by atoms with Gasteiger partial charge < -0.3 is 24.6 Å². The van der Waals surface area contributed by atoms with E-state index in [0.29, 0.717) is 32.3 Å². The number of methoxy groups -OCH3 is 1. The number of guanidine groups is 1. The number of nitrogens with zero attached hydrogens (tertiary/aromatic N) is 2. The smallest absolute Gasteiger partial charge is 0.191 e. The molecule has 0 spiro atoms. The summed E-state index contributed by atoms with van der Waals surface area (Å²) in [5.41, 5.74) is 3.97. The monoisotopic (exact) mass is 422 g/mol. The third kappa shape index (κ3) is 6.86. The van der Waals surface area contributed by atoms with Crippen LogP contribution in [0.15, 0.2) is 64.1 Å². The maximum Gasteiger partial charge on any atom is 0.191 e. The number of ether oxygens (including phenoxy) is 2. The Bertz CT molecular complexity index is 970. The Labute approximate surface area is 183 Å². The molecule has 0 atom stereocenters. The fourth-order valence-corrected chi connectivity index (χ4v) is 2.98. The standard InChI is InChI=1S/C24H30N4O3/c1-4-25-24(26-16-20-11-10-18(2)14-22(20)30-13-12-29-3)27-17-21-15-23(31-28-21)19-8-6-5-7-9-19/h5-11,14-15H,4,12-13,16-17H2,1-3H3,(H2,25,26,27). The normalized spacial score (nSPS) is 11.4. The molecule has 0 amide bonds. The van der Waals surface area contributed by atoms with Crippen LogP contribution >= 0.6 is 0 Å². The topological polar surface area (TPSA) is 80.9 Å². The van der Waals surface area contributed by atoms with Gasteiger partial charge in [0.15, 0.2) is 11.7 Å². The van der Waals surface area contributed by atoms with Crippen molar-refractivity contribution in [1.29, 1.82) is 0 Å². The van der Waals surface area contributed by atoms with Crippen LogP contribution in [0.25, 0.3) is 11.3 Å². The lowest BCUT2D eigenvalue weighted by molar-refractivity contribution is 0.145. The fraction of sp³-hybridized carbons (Fsp3) is 0.333. The summed E-state index contributed by atoms with van der Waals surface area (Å²) in [6.45, 7) is 6.88. The number of hydrogen-bond acceptors (Lipinski definition) is 5. The van der Waals surface area contributed by atoms with Gasteiger partial charge in [-0.05, 0) is 25.5 Å². The third-order valence-corrected chi connectivity index (χ3v) is 4.57. The zero-order chi connectivity index (χ0) is 21.9. The Balaban J connectivity index is 1.64. The quantitative estimate of drug-likeness (QED) is 0.293. The molecule has 0 aliphatic carbocycles. The largest absolute Gasteiger partial charge is 0.491 e. The summed E-state index contributed by atoms with van der Waals surface area (Å²) in [6.07, 6.45) is 0. The van der Waals surface area contributed by atoms with Crippen molar-refractivity contribution < 1.29 is 14.0 Å². The highest BCUT2D eigenvalue weighted by molar-refractivity contribution is 5.79. The molecule has 3 aromatic rings. The van der Waals surface area contributed by atoms with Crippen LogP contribution in [-0.2, 0) is 17.8 Å². The second-order valence-electron chi connectivity index (χ2n) is 7.05. The molecule has 0 saturated heterocycles. The van der Waals surface area contributed by atoms with Crippen molar-refractivity contribution in [3.8, 4) is 17.1 Å². The molecule has 2 aromatic carbocycles. The molecule has 0 aliphatic rings. The predicted molar refractivity (Wildman–Crippen MR) is 122 cm³/mol. The molecular weight excluding hydrogens is 392 g/mol. The molecule has 0 radical (unpaired) electrons. The second kappa shape index (κ2) is 11.8. The second-order valence-corrected chi connectivity index (χ2v) is 7.05. The van der Waals surface area contributed by atoms with Crippen molar-refractivity contribution in [2.24, 2.45) is 4.99 Å². The number of aromatic nitrogens is 1. The van der Waals surface area contributed by atoms with Crippen LogP contribution in [0.5, 0.6) is 5.75 Å². The first kappa shape index (κ1) is 22.4. The first-order chi connectivity index (χ1) is 15.2. The van der Waals surface area contributed by atoms with Crippen molar-refractivity contribution in [2.45, 2.75) is 26.9 Å². The molecule has 7 nitrogen and oxygen atoms in total. The van der Waals surface area contributed by atoms with E-state index >= 15 is 0 Å². The van der Waals surface area contributed by atoms with E-state index in [4.69, 9.17) is 19.0 Å². The number of hydrogen-bond donors (Lipinski definition) is 2.